The number of unbranched alkanes of at least 4 members (excludes halogenated alkanes) is 1. The van der Waals surface area contributed by atoms with E-state index in [1.807, 2.05) is 6.92 Å². The Balaban J connectivity index is 3.71. The van der Waals surface area contributed by atoms with E-state index in [1.54, 1.807) is 6.92 Å². The van der Waals surface area contributed by atoms with E-state index < -0.39 is 0 Å². The van der Waals surface area contributed by atoms with E-state index >= 15 is 0 Å². The molecule has 14 heavy (non-hydrogen) atoms. The lowest BCUT2D eigenvalue weighted by Crippen LogP contribution is -2.11. The van der Waals surface area contributed by atoms with Crippen LogP contribution in [0.3, 0.4) is 0 Å². The highest BCUT2D eigenvalue weighted by atomic mass is 16.2. The smallest absolute Gasteiger partial charge is 0.147 e. The first-order valence-corrected chi connectivity index (χ1v) is 5.15. The molecule has 3 heteroatoms. The van der Waals surface area contributed by atoms with Gasteiger partial charge in [-0.15, -0.1) is 0 Å². The van der Waals surface area contributed by atoms with Crippen molar-refractivity contribution < 1.29 is 14.4 Å². The van der Waals surface area contributed by atoms with Crippen molar-refractivity contribution in [3.63, 3.8) is 0 Å². The molecule has 0 aliphatic rings. The van der Waals surface area contributed by atoms with Crippen LogP contribution in [-0.2, 0) is 14.4 Å². The lowest BCUT2D eigenvalue weighted by atomic mass is 10.0. The molecule has 0 aromatic carbocycles. The Morgan fingerprint density at radius 2 is 1.43 bits per heavy atom. The number of carbonyl (C=O) groups excluding carboxylic acids is 3. The third kappa shape index (κ3) is 6.52. The van der Waals surface area contributed by atoms with Crippen molar-refractivity contribution in [3.05, 3.63) is 0 Å². The molecule has 0 saturated carbocycles. The molecule has 0 spiro atoms. The van der Waals surface area contributed by atoms with Crippen molar-refractivity contribution in [1.29, 1.82) is 0 Å². The summed E-state index contributed by atoms with van der Waals surface area (Å²) in [6, 6.07) is 0. The van der Waals surface area contributed by atoms with Crippen molar-refractivity contribution in [2.45, 2.75) is 52.4 Å². The van der Waals surface area contributed by atoms with Crippen molar-refractivity contribution in [1.82, 2.24) is 0 Å². The fourth-order valence-electron chi connectivity index (χ4n) is 1.09. The van der Waals surface area contributed by atoms with E-state index in [1.165, 1.54) is 0 Å². The number of hydrogen-bond donors (Lipinski definition) is 0. The van der Waals surface area contributed by atoms with Crippen LogP contribution in [0.25, 0.3) is 0 Å². The molecule has 0 amide bonds. The summed E-state index contributed by atoms with van der Waals surface area (Å²) in [7, 11) is 0. The first-order valence-electron chi connectivity index (χ1n) is 5.15. The van der Waals surface area contributed by atoms with Gasteiger partial charge in [0.1, 0.15) is 17.3 Å². The summed E-state index contributed by atoms with van der Waals surface area (Å²) in [5.74, 6) is -0.364. The highest BCUT2D eigenvalue weighted by molar-refractivity contribution is 6.07. The van der Waals surface area contributed by atoms with Crippen LogP contribution in [0.5, 0.6) is 0 Å². The van der Waals surface area contributed by atoms with E-state index in [9.17, 15) is 14.4 Å². The molecule has 0 N–H and O–H groups in total. The van der Waals surface area contributed by atoms with Crippen molar-refractivity contribution >= 4 is 17.3 Å². The molecule has 0 aliphatic heterocycles. The predicted molar refractivity (Wildman–Crippen MR) is 54.1 cm³/mol. The maximum absolute atomic E-state index is 11.2. The summed E-state index contributed by atoms with van der Waals surface area (Å²) in [5.41, 5.74) is 0. The molecule has 80 valence electrons. The fraction of sp³-hybridized carbons (Fsp3) is 0.727. The van der Waals surface area contributed by atoms with Crippen molar-refractivity contribution in [3.8, 4) is 0 Å². The molecule has 0 heterocycles. The van der Waals surface area contributed by atoms with Gasteiger partial charge in [-0.25, -0.2) is 0 Å². The molecule has 3 nitrogen and oxygen atoms in total. The lowest BCUT2D eigenvalue weighted by molar-refractivity contribution is -0.129. The Morgan fingerprint density at radius 3 is 1.93 bits per heavy atom. The summed E-state index contributed by atoms with van der Waals surface area (Å²) in [4.78, 5) is 33.2. The molecule has 0 aromatic heterocycles. The van der Waals surface area contributed by atoms with Gasteiger partial charge in [0.15, 0.2) is 0 Å². The van der Waals surface area contributed by atoms with E-state index in [4.69, 9.17) is 0 Å². The zero-order chi connectivity index (χ0) is 11.0. The first-order chi connectivity index (χ1) is 6.60. The summed E-state index contributed by atoms with van der Waals surface area (Å²) in [5, 5.41) is 0. The standard InChI is InChI=1S/C11H18O3/c1-3-5-6-10(13)8-11(14)7-9(12)4-2/h3-8H2,1-2H3. The maximum Gasteiger partial charge on any atom is 0.147 e. The SMILES string of the molecule is CCCCC(=O)CC(=O)CC(=O)CC. The van der Waals surface area contributed by atoms with Gasteiger partial charge in [-0.05, 0) is 6.42 Å². The van der Waals surface area contributed by atoms with Crippen LogP contribution in [0.2, 0.25) is 0 Å². The van der Waals surface area contributed by atoms with E-state index in [0.29, 0.717) is 12.8 Å². The van der Waals surface area contributed by atoms with Gasteiger partial charge < -0.3 is 0 Å². The summed E-state index contributed by atoms with van der Waals surface area (Å²) < 4.78 is 0. The molecular formula is C11H18O3. The molecule has 0 unspecified atom stereocenters. The van der Waals surface area contributed by atoms with Gasteiger partial charge in [0.05, 0.1) is 12.8 Å². The second-order valence-corrected chi connectivity index (χ2v) is 3.43. The molecule has 0 aromatic rings. The van der Waals surface area contributed by atoms with Gasteiger partial charge in [0, 0.05) is 12.8 Å². The highest BCUT2D eigenvalue weighted by Crippen LogP contribution is 2.02. The number of ketones is 3. The summed E-state index contributed by atoms with van der Waals surface area (Å²) in [6.07, 6.45) is 2.47. The Bertz CT molecular complexity index is 219. The highest BCUT2D eigenvalue weighted by Gasteiger charge is 2.11. The van der Waals surface area contributed by atoms with E-state index in [-0.39, 0.29) is 30.2 Å². The monoisotopic (exact) mass is 198 g/mol. The van der Waals surface area contributed by atoms with Crippen LogP contribution in [0, 0.1) is 0 Å². The Kier molecular flexibility index (Phi) is 6.89. The minimum Gasteiger partial charge on any atom is -0.299 e. The minimum atomic E-state index is -0.238. The second kappa shape index (κ2) is 7.42. The normalized spacial score (nSPS) is 9.86. The van der Waals surface area contributed by atoms with Crippen molar-refractivity contribution in [2.24, 2.45) is 0 Å². The van der Waals surface area contributed by atoms with Crippen molar-refractivity contribution in [2.75, 3.05) is 0 Å². The van der Waals surface area contributed by atoms with Gasteiger partial charge in [-0.3, -0.25) is 14.4 Å². The Hall–Kier alpha value is -0.990. The lowest BCUT2D eigenvalue weighted by Gasteiger charge is -1.98. The third-order valence-electron chi connectivity index (χ3n) is 1.99. The maximum atomic E-state index is 11.2. The van der Waals surface area contributed by atoms with Crippen LogP contribution < -0.4 is 0 Å². The van der Waals surface area contributed by atoms with Gasteiger partial charge >= 0.3 is 0 Å². The van der Waals surface area contributed by atoms with Crippen LogP contribution >= 0.6 is 0 Å². The first kappa shape index (κ1) is 13.0. The van der Waals surface area contributed by atoms with Crippen LogP contribution in [0.4, 0.5) is 0 Å². The largest absolute Gasteiger partial charge is 0.299 e. The summed E-state index contributed by atoms with van der Waals surface area (Å²) >= 11 is 0. The van der Waals surface area contributed by atoms with Gasteiger partial charge in [0.2, 0.25) is 0 Å². The van der Waals surface area contributed by atoms with Gasteiger partial charge in [-0.2, -0.15) is 0 Å². The van der Waals surface area contributed by atoms with Crippen LogP contribution in [-0.4, -0.2) is 17.3 Å². The predicted octanol–water partition coefficient (Wildman–Crippen LogP) is 2.07. The zero-order valence-corrected chi connectivity index (χ0v) is 8.97. The molecule has 0 saturated heterocycles. The zero-order valence-electron chi connectivity index (χ0n) is 8.97. The van der Waals surface area contributed by atoms with Crippen LogP contribution in [0.15, 0.2) is 0 Å². The molecule has 0 bridgehead atoms. The third-order valence-corrected chi connectivity index (χ3v) is 1.99. The number of hydrogen-bond acceptors (Lipinski definition) is 3. The average molecular weight is 198 g/mol. The molecule has 0 atom stereocenters. The topological polar surface area (TPSA) is 51.2 Å². The minimum absolute atomic E-state index is 0.0410. The molecule has 0 radical (unpaired) electrons. The molecule has 0 rings (SSSR count). The quantitative estimate of drug-likeness (QED) is 0.561. The number of Topliss-reactive ketones (excluding diaryl/α,β-unsaturated/α-hetero) is 3. The van der Waals surface area contributed by atoms with E-state index in [0.717, 1.165) is 12.8 Å². The fourth-order valence-corrected chi connectivity index (χ4v) is 1.09. The van der Waals surface area contributed by atoms with Gasteiger partial charge in [0.25, 0.3) is 0 Å². The molecule has 0 aliphatic carbocycles. The molecular weight excluding hydrogens is 180 g/mol. The Labute approximate surface area is 84.9 Å². The molecule has 0 fully saturated rings. The second-order valence-electron chi connectivity index (χ2n) is 3.43. The number of carbonyl (C=O) groups is 3. The average Bonchev–Trinajstić information content (AvgIpc) is 2.14. The summed E-state index contributed by atoms with van der Waals surface area (Å²) in [6.45, 7) is 3.71. The van der Waals surface area contributed by atoms with Crippen LogP contribution in [0.1, 0.15) is 52.4 Å². The Morgan fingerprint density at radius 1 is 0.857 bits per heavy atom. The van der Waals surface area contributed by atoms with E-state index in [2.05, 4.69) is 0 Å². The number of rotatable bonds is 8. The van der Waals surface area contributed by atoms with Gasteiger partial charge in [-0.1, -0.05) is 20.3 Å².